The lowest BCUT2D eigenvalue weighted by atomic mass is 9.85. The summed E-state index contributed by atoms with van der Waals surface area (Å²) < 4.78 is 2.53. The third-order valence-corrected chi connectivity index (χ3v) is 15.5. The summed E-state index contributed by atoms with van der Waals surface area (Å²) in [4.78, 5) is 2.46. The highest BCUT2D eigenvalue weighted by Gasteiger charge is 2.24. The molecule has 0 fully saturated rings. The zero-order chi connectivity index (χ0) is 50.3. The molecular formula is C72H58N2. The van der Waals surface area contributed by atoms with Gasteiger partial charge in [-0.3, -0.25) is 0 Å². The Balaban J connectivity index is 0.981. The van der Waals surface area contributed by atoms with Gasteiger partial charge in [0.2, 0.25) is 0 Å². The Bertz CT molecular complexity index is 4130. The third-order valence-electron chi connectivity index (χ3n) is 15.5. The number of anilines is 3. The van der Waals surface area contributed by atoms with E-state index in [9.17, 15) is 0 Å². The van der Waals surface area contributed by atoms with Crippen LogP contribution >= 0.6 is 0 Å². The van der Waals surface area contributed by atoms with Crippen LogP contribution in [0.25, 0.3) is 104 Å². The minimum absolute atomic E-state index is 0.0232. The summed E-state index contributed by atoms with van der Waals surface area (Å²) in [6.45, 7) is 13.9. The van der Waals surface area contributed by atoms with Crippen molar-refractivity contribution in [3.63, 3.8) is 0 Å². The Morgan fingerprint density at radius 1 is 0.297 bits per heavy atom. The van der Waals surface area contributed by atoms with Crippen LogP contribution in [0, 0.1) is 0 Å². The highest BCUT2D eigenvalue weighted by molar-refractivity contribution is 6.27. The standard InChI is InChI=1S/C72H58N2/c1-71(2,3)57-34-42-67-63(45-57)64-46-58(72(4,5)6)35-43-68(64)74(67)66-41-33-55-30-38-61-65(40-32-54-31-39-62(66)70(55)69(54)61)73(59-36-28-52(29-37-59)51-22-20-49(21-23-51)47-14-9-7-10-15-47)60-19-13-18-56(44-60)53-26-24-50(25-27-53)48-16-11-8-12-17-48/h7-46H,1-6H3. The molecule has 0 aliphatic rings. The maximum absolute atomic E-state index is 2.53. The van der Waals surface area contributed by atoms with E-state index in [1.165, 1.54) is 115 Å². The Hall–Kier alpha value is -8.72. The fourth-order valence-corrected chi connectivity index (χ4v) is 11.4. The molecule has 1 heterocycles. The summed E-state index contributed by atoms with van der Waals surface area (Å²) in [7, 11) is 0. The molecule has 2 nitrogen and oxygen atoms in total. The lowest BCUT2D eigenvalue weighted by molar-refractivity contribution is 0.590. The molecule has 0 unspecified atom stereocenters. The van der Waals surface area contributed by atoms with Crippen LogP contribution in [0.15, 0.2) is 243 Å². The van der Waals surface area contributed by atoms with Gasteiger partial charge in [-0.1, -0.05) is 224 Å². The Morgan fingerprint density at radius 2 is 0.716 bits per heavy atom. The smallest absolute Gasteiger partial charge is 0.0541 e. The van der Waals surface area contributed by atoms with Crippen molar-refractivity contribution in [1.82, 2.24) is 4.57 Å². The van der Waals surface area contributed by atoms with E-state index in [1.807, 2.05) is 0 Å². The van der Waals surface area contributed by atoms with E-state index in [0.29, 0.717) is 0 Å². The van der Waals surface area contributed by atoms with E-state index in [-0.39, 0.29) is 10.8 Å². The Labute approximate surface area is 434 Å². The predicted octanol–water partition coefficient (Wildman–Crippen LogP) is 20.4. The van der Waals surface area contributed by atoms with Crippen LogP contribution in [0.4, 0.5) is 17.1 Å². The number of nitrogens with zero attached hydrogens (tertiary/aromatic N) is 2. The van der Waals surface area contributed by atoms with Crippen LogP contribution in [0.3, 0.4) is 0 Å². The zero-order valence-electron chi connectivity index (χ0n) is 43.0. The lowest BCUT2D eigenvalue weighted by Gasteiger charge is -2.28. The van der Waals surface area contributed by atoms with Gasteiger partial charge in [-0.15, -0.1) is 0 Å². The van der Waals surface area contributed by atoms with Crippen LogP contribution in [0.2, 0.25) is 0 Å². The van der Waals surface area contributed by atoms with Gasteiger partial charge >= 0.3 is 0 Å². The molecule has 12 aromatic carbocycles. The van der Waals surface area contributed by atoms with Crippen molar-refractivity contribution in [2.24, 2.45) is 0 Å². The van der Waals surface area contributed by atoms with Crippen LogP contribution in [0.1, 0.15) is 52.7 Å². The maximum Gasteiger partial charge on any atom is 0.0541 e. The molecule has 13 aromatic rings. The van der Waals surface area contributed by atoms with Gasteiger partial charge in [0, 0.05) is 32.9 Å². The summed E-state index contributed by atoms with van der Waals surface area (Å²) in [6, 6.07) is 90.3. The maximum atomic E-state index is 2.53. The van der Waals surface area contributed by atoms with Gasteiger partial charge in [0.15, 0.2) is 0 Å². The highest BCUT2D eigenvalue weighted by Crippen LogP contribution is 2.47. The van der Waals surface area contributed by atoms with Gasteiger partial charge < -0.3 is 9.47 Å². The molecule has 0 saturated heterocycles. The highest BCUT2D eigenvalue weighted by atomic mass is 15.1. The van der Waals surface area contributed by atoms with Gasteiger partial charge in [-0.05, 0) is 149 Å². The topological polar surface area (TPSA) is 8.17 Å². The van der Waals surface area contributed by atoms with Crippen LogP contribution in [0.5, 0.6) is 0 Å². The van der Waals surface area contributed by atoms with Gasteiger partial charge in [-0.25, -0.2) is 0 Å². The van der Waals surface area contributed by atoms with Crippen molar-refractivity contribution in [3.05, 3.63) is 254 Å². The molecule has 0 radical (unpaired) electrons. The van der Waals surface area contributed by atoms with Crippen molar-refractivity contribution in [3.8, 4) is 50.2 Å². The van der Waals surface area contributed by atoms with Crippen molar-refractivity contribution < 1.29 is 0 Å². The molecule has 356 valence electrons. The fraction of sp³-hybridized carbons (Fsp3) is 0.111. The first-order valence-electron chi connectivity index (χ1n) is 26.1. The summed E-state index contributed by atoms with van der Waals surface area (Å²) in [6.07, 6.45) is 0. The van der Waals surface area contributed by atoms with Gasteiger partial charge in [0.05, 0.1) is 22.4 Å². The lowest BCUT2D eigenvalue weighted by Crippen LogP contribution is -2.11. The molecule has 0 spiro atoms. The van der Waals surface area contributed by atoms with Gasteiger partial charge in [-0.2, -0.15) is 0 Å². The van der Waals surface area contributed by atoms with Crippen LogP contribution in [-0.4, -0.2) is 4.57 Å². The second kappa shape index (κ2) is 17.5. The molecule has 0 amide bonds. The molecule has 13 rings (SSSR count). The van der Waals surface area contributed by atoms with Gasteiger partial charge in [0.1, 0.15) is 0 Å². The zero-order valence-corrected chi connectivity index (χ0v) is 43.0. The number of fused-ring (bicyclic) bond motifs is 3. The number of benzene rings is 12. The van der Waals surface area contributed by atoms with Crippen LogP contribution < -0.4 is 4.90 Å². The molecule has 2 heteroatoms. The minimum atomic E-state index is 0.0232. The summed E-state index contributed by atoms with van der Waals surface area (Å²) in [5.41, 5.74) is 19.3. The quantitative estimate of drug-likeness (QED) is 0.138. The molecule has 0 saturated carbocycles. The van der Waals surface area contributed by atoms with Gasteiger partial charge in [0.25, 0.3) is 0 Å². The molecular weight excluding hydrogens is 893 g/mol. The van der Waals surface area contributed by atoms with E-state index in [1.54, 1.807) is 0 Å². The second-order valence-corrected chi connectivity index (χ2v) is 22.2. The molecule has 74 heavy (non-hydrogen) atoms. The average Bonchev–Trinajstić information content (AvgIpc) is 3.76. The number of aromatic nitrogens is 1. The molecule has 0 bridgehead atoms. The fourth-order valence-electron chi connectivity index (χ4n) is 11.4. The first-order chi connectivity index (χ1) is 35.9. The van der Waals surface area contributed by atoms with Crippen molar-refractivity contribution in [1.29, 1.82) is 0 Å². The Morgan fingerprint density at radius 3 is 1.23 bits per heavy atom. The monoisotopic (exact) mass is 950 g/mol. The normalized spacial score (nSPS) is 12.2. The van der Waals surface area contributed by atoms with E-state index in [0.717, 1.165) is 17.1 Å². The number of rotatable bonds is 8. The van der Waals surface area contributed by atoms with Crippen LogP contribution in [-0.2, 0) is 10.8 Å². The van der Waals surface area contributed by atoms with Crippen molar-refractivity contribution in [2.45, 2.75) is 52.4 Å². The SMILES string of the molecule is CC(C)(C)c1ccc2c(c1)c1cc(C(C)(C)C)ccc1n2-c1ccc2ccc3c(N(c4ccc(-c5ccc(-c6ccccc6)cc5)cc4)c4cccc(-c5ccc(-c6ccccc6)cc5)c4)ccc4ccc1c2c43. The summed E-state index contributed by atoms with van der Waals surface area (Å²) in [5, 5.41) is 10.1. The van der Waals surface area contributed by atoms with E-state index in [4.69, 9.17) is 0 Å². The second-order valence-electron chi connectivity index (χ2n) is 22.2. The van der Waals surface area contributed by atoms with E-state index < -0.39 is 0 Å². The third kappa shape index (κ3) is 7.81. The molecule has 0 atom stereocenters. The van der Waals surface area contributed by atoms with E-state index >= 15 is 0 Å². The molecule has 0 aliphatic carbocycles. The number of hydrogen-bond donors (Lipinski definition) is 0. The first kappa shape index (κ1) is 45.2. The molecule has 0 N–H and O–H groups in total. The van der Waals surface area contributed by atoms with Crippen molar-refractivity contribution in [2.75, 3.05) is 4.90 Å². The van der Waals surface area contributed by atoms with E-state index in [2.05, 4.69) is 294 Å². The molecule has 1 aromatic heterocycles. The minimum Gasteiger partial charge on any atom is -0.310 e. The predicted molar refractivity (Wildman–Crippen MR) is 318 cm³/mol. The molecule has 0 aliphatic heterocycles. The first-order valence-corrected chi connectivity index (χ1v) is 26.1. The summed E-state index contributed by atoms with van der Waals surface area (Å²) in [5.74, 6) is 0. The van der Waals surface area contributed by atoms with Crippen molar-refractivity contribution >= 4 is 71.2 Å². The Kier molecular flexibility index (Phi) is 10.7. The number of hydrogen-bond acceptors (Lipinski definition) is 1. The average molecular weight is 951 g/mol. The largest absolute Gasteiger partial charge is 0.310 e. The summed E-state index contributed by atoms with van der Waals surface area (Å²) >= 11 is 0.